The highest BCUT2D eigenvalue weighted by molar-refractivity contribution is 7.09. The second-order valence-electron chi connectivity index (χ2n) is 7.77. The topological polar surface area (TPSA) is 107 Å². The van der Waals surface area contributed by atoms with Crippen LogP contribution in [-0.2, 0) is 33.7 Å². The maximum Gasteiger partial charge on any atom is 0.343 e. The number of pyridine rings is 1. The maximum absolute atomic E-state index is 12.9. The minimum atomic E-state index is -0.578. The highest BCUT2D eigenvalue weighted by Crippen LogP contribution is 2.25. The average Bonchev–Trinajstić information content (AvgIpc) is 3.40. The van der Waals surface area contributed by atoms with Crippen molar-refractivity contribution in [1.29, 1.82) is 0 Å². The van der Waals surface area contributed by atoms with Gasteiger partial charge in [0.25, 0.3) is 5.56 Å². The zero-order valence-electron chi connectivity index (χ0n) is 17.8. The van der Waals surface area contributed by atoms with E-state index in [0.717, 1.165) is 4.88 Å². The Morgan fingerprint density at radius 2 is 2.09 bits per heavy atom. The largest absolute Gasteiger partial charge is 0.492 e. The molecule has 0 saturated carbocycles. The lowest BCUT2D eigenvalue weighted by Crippen LogP contribution is -2.39. The molecule has 4 heterocycles. The first-order valence-corrected chi connectivity index (χ1v) is 11.4. The fraction of sp³-hybridized carbons (Fsp3) is 0.455. The highest BCUT2D eigenvalue weighted by Gasteiger charge is 2.33. The first-order chi connectivity index (χ1) is 15.5. The van der Waals surface area contributed by atoms with Crippen LogP contribution in [0.1, 0.15) is 27.3 Å². The summed E-state index contributed by atoms with van der Waals surface area (Å²) in [7, 11) is 1.29. The predicted octanol–water partition coefficient (Wildman–Crippen LogP) is 0.839. The smallest absolute Gasteiger partial charge is 0.343 e. The molecule has 1 fully saturated rings. The van der Waals surface area contributed by atoms with Crippen LogP contribution in [0.3, 0.4) is 0 Å². The summed E-state index contributed by atoms with van der Waals surface area (Å²) in [4.78, 5) is 52.6. The Bertz CT molecular complexity index is 1080. The Kier molecular flexibility index (Phi) is 6.59. The van der Waals surface area contributed by atoms with Crippen molar-refractivity contribution >= 4 is 29.1 Å². The van der Waals surface area contributed by atoms with Gasteiger partial charge in [-0.2, -0.15) is 0 Å². The number of carbonyl (C=O) groups is 3. The molecule has 2 aromatic heterocycles. The fourth-order valence-corrected chi connectivity index (χ4v) is 4.85. The number of methoxy groups -OCH3 is 1. The van der Waals surface area contributed by atoms with Gasteiger partial charge in [0.15, 0.2) is 0 Å². The van der Waals surface area contributed by atoms with Crippen LogP contribution in [0, 0.1) is 5.92 Å². The zero-order valence-corrected chi connectivity index (χ0v) is 18.6. The summed E-state index contributed by atoms with van der Waals surface area (Å²) in [6, 6.07) is 5.28. The van der Waals surface area contributed by atoms with Gasteiger partial charge in [0.1, 0.15) is 11.3 Å². The standard InChI is InChI=1S/C22H25N3O6S/c1-30-22(29)20-16-4-6-24(21(28)14-11-18(26)23-13-14)7-8-25(16)19(27)12-17(20)31-9-5-15-3-2-10-32-15/h2-3,10,12,14H,4-9,11,13H2,1H3,(H,23,26)/t14-/m1/s1. The van der Waals surface area contributed by atoms with Crippen LogP contribution in [0.5, 0.6) is 5.75 Å². The van der Waals surface area contributed by atoms with Crippen molar-refractivity contribution < 1.29 is 23.9 Å². The Hall–Kier alpha value is -3.14. The van der Waals surface area contributed by atoms with Crippen LogP contribution >= 0.6 is 11.3 Å². The van der Waals surface area contributed by atoms with Gasteiger partial charge in [-0.15, -0.1) is 11.3 Å². The number of aromatic nitrogens is 1. The molecule has 2 amide bonds. The predicted molar refractivity (Wildman–Crippen MR) is 117 cm³/mol. The van der Waals surface area contributed by atoms with Gasteiger partial charge >= 0.3 is 5.97 Å². The molecule has 0 aromatic carbocycles. The van der Waals surface area contributed by atoms with E-state index >= 15 is 0 Å². The first kappa shape index (κ1) is 22.1. The average molecular weight is 460 g/mol. The number of hydrogen-bond acceptors (Lipinski definition) is 7. The monoisotopic (exact) mass is 459 g/mol. The third kappa shape index (κ3) is 4.55. The number of carbonyl (C=O) groups excluding carboxylic acids is 3. The van der Waals surface area contributed by atoms with Crippen molar-refractivity contribution in [2.75, 3.05) is 33.4 Å². The number of esters is 1. The van der Waals surface area contributed by atoms with Crippen molar-refractivity contribution in [3.05, 3.63) is 50.1 Å². The summed E-state index contributed by atoms with van der Waals surface area (Å²) in [5.74, 6) is -1.01. The molecule has 2 aliphatic rings. The second kappa shape index (κ2) is 9.56. The van der Waals surface area contributed by atoms with Crippen LogP contribution in [0.2, 0.25) is 0 Å². The Morgan fingerprint density at radius 1 is 1.25 bits per heavy atom. The zero-order chi connectivity index (χ0) is 22.7. The summed E-state index contributed by atoms with van der Waals surface area (Å²) in [6.45, 7) is 1.58. The lowest BCUT2D eigenvalue weighted by molar-refractivity contribution is -0.135. The number of rotatable bonds is 6. The van der Waals surface area contributed by atoms with Gasteiger partial charge < -0.3 is 24.3 Å². The highest BCUT2D eigenvalue weighted by atomic mass is 32.1. The minimum absolute atomic E-state index is 0.115. The molecule has 32 heavy (non-hydrogen) atoms. The number of fused-ring (bicyclic) bond motifs is 1. The van der Waals surface area contributed by atoms with Crippen LogP contribution in [0.25, 0.3) is 0 Å². The number of ether oxygens (including phenoxy) is 2. The number of amides is 2. The molecule has 9 nitrogen and oxygen atoms in total. The summed E-state index contributed by atoms with van der Waals surface area (Å²) in [6.07, 6.45) is 1.15. The lowest BCUT2D eigenvalue weighted by Gasteiger charge is -2.22. The molecule has 0 aliphatic carbocycles. The summed E-state index contributed by atoms with van der Waals surface area (Å²) >= 11 is 1.61. The van der Waals surface area contributed by atoms with Gasteiger partial charge in [-0.3, -0.25) is 14.4 Å². The quantitative estimate of drug-likeness (QED) is 0.642. The summed E-state index contributed by atoms with van der Waals surface area (Å²) in [5, 5.41) is 4.66. The minimum Gasteiger partial charge on any atom is -0.492 e. The Balaban J connectivity index is 1.57. The molecule has 170 valence electrons. The molecule has 4 rings (SSSR count). The molecule has 2 aliphatic heterocycles. The van der Waals surface area contributed by atoms with Crippen molar-refractivity contribution in [2.45, 2.75) is 25.8 Å². The molecule has 1 N–H and O–H groups in total. The van der Waals surface area contributed by atoms with Crippen molar-refractivity contribution in [1.82, 2.24) is 14.8 Å². The fourth-order valence-electron chi connectivity index (χ4n) is 4.16. The van der Waals surface area contributed by atoms with Crippen LogP contribution in [-0.4, -0.2) is 60.6 Å². The summed E-state index contributed by atoms with van der Waals surface area (Å²) < 4.78 is 12.4. The SMILES string of the molecule is COC(=O)c1c(OCCc2cccs2)cc(=O)n2c1CCN(C(=O)[C@H]1CNC(=O)C1)CC2. The number of thiophene rings is 1. The van der Waals surface area contributed by atoms with E-state index in [2.05, 4.69) is 5.32 Å². The number of nitrogens with one attached hydrogen (secondary N) is 1. The maximum atomic E-state index is 12.9. The van der Waals surface area contributed by atoms with Crippen molar-refractivity contribution in [2.24, 2.45) is 5.92 Å². The van der Waals surface area contributed by atoms with E-state index in [1.54, 1.807) is 16.2 Å². The second-order valence-corrected chi connectivity index (χ2v) is 8.80. The Labute approximate surface area is 188 Å². The molecule has 2 aromatic rings. The summed E-state index contributed by atoms with van der Waals surface area (Å²) in [5.41, 5.74) is 0.447. The molecular formula is C22H25N3O6S. The third-order valence-corrected chi connectivity index (χ3v) is 6.74. The number of hydrogen-bond donors (Lipinski definition) is 1. The molecule has 1 atom stereocenters. The molecule has 0 spiro atoms. The van der Waals surface area contributed by atoms with Gasteiger partial charge in [0, 0.05) is 62.1 Å². The van der Waals surface area contributed by atoms with E-state index in [0.29, 0.717) is 44.8 Å². The van der Waals surface area contributed by atoms with Crippen molar-refractivity contribution in [3.63, 3.8) is 0 Å². The van der Waals surface area contributed by atoms with Gasteiger partial charge in [-0.25, -0.2) is 4.79 Å². The first-order valence-electron chi connectivity index (χ1n) is 10.5. The van der Waals surface area contributed by atoms with Gasteiger partial charge in [-0.05, 0) is 11.4 Å². The van der Waals surface area contributed by atoms with E-state index in [1.165, 1.54) is 17.7 Å². The van der Waals surface area contributed by atoms with E-state index in [1.807, 2.05) is 17.5 Å². The molecular weight excluding hydrogens is 434 g/mol. The lowest BCUT2D eigenvalue weighted by atomic mass is 10.1. The third-order valence-electron chi connectivity index (χ3n) is 5.81. The molecule has 0 unspecified atom stereocenters. The molecule has 10 heteroatoms. The molecule has 0 radical (unpaired) electrons. The van der Waals surface area contributed by atoms with Gasteiger partial charge in [0.2, 0.25) is 11.8 Å². The number of nitrogens with zero attached hydrogens (tertiary/aromatic N) is 2. The van der Waals surface area contributed by atoms with Gasteiger partial charge in [0.05, 0.1) is 19.6 Å². The molecule has 0 bridgehead atoms. The van der Waals surface area contributed by atoms with Crippen LogP contribution in [0.15, 0.2) is 28.4 Å². The van der Waals surface area contributed by atoms with E-state index in [4.69, 9.17) is 9.47 Å². The van der Waals surface area contributed by atoms with Crippen LogP contribution < -0.4 is 15.6 Å². The molecule has 1 saturated heterocycles. The van der Waals surface area contributed by atoms with E-state index in [9.17, 15) is 19.2 Å². The van der Waals surface area contributed by atoms with E-state index in [-0.39, 0.29) is 41.7 Å². The van der Waals surface area contributed by atoms with Gasteiger partial charge in [-0.1, -0.05) is 6.07 Å². The Morgan fingerprint density at radius 3 is 2.78 bits per heavy atom. The van der Waals surface area contributed by atoms with Crippen LogP contribution in [0.4, 0.5) is 0 Å². The van der Waals surface area contributed by atoms with Crippen molar-refractivity contribution in [3.8, 4) is 5.75 Å². The van der Waals surface area contributed by atoms with E-state index < -0.39 is 11.9 Å². The normalized spacial score (nSPS) is 18.0.